The van der Waals surface area contributed by atoms with E-state index in [1.54, 1.807) is 27.7 Å². The Balaban J connectivity index is 4.67. The van der Waals surface area contributed by atoms with E-state index in [1.807, 2.05) is 13.8 Å². The lowest BCUT2D eigenvalue weighted by Gasteiger charge is -2.14. The van der Waals surface area contributed by atoms with Gasteiger partial charge in [0, 0.05) is 0 Å². The Bertz CT molecular complexity index is 308. The fraction of sp³-hybridized carbons (Fsp3) is 0.857. The second-order valence-corrected chi connectivity index (χ2v) is 5.05. The zero-order valence-corrected chi connectivity index (χ0v) is 13.3. The van der Waals surface area contributed by atoms with Crippen LogP contribution in [0.15, 0.2) is 10.2 Å². The van der Waals surface area contributed by atoms with Crippen LogP contribution in [-0.2, 0) is 19.1 Å². The van der Waals surface area contributed by atoms with Gasteiger partial charge >= 0.3 is 11.9 Å². The third kappa shape index (κ3) is 7.21. The average molecular weight is 286 g/mol. The largest absolute Gasteiger partial charge is 0.461 e. The quantitative estimate of drug-likeness (QED) is 0.507. The lowest BCUT2D eigenvalue weighted by atomic mass is 10.2. The first-order chi connectivity index (χ1) is 9.31. The minimum absolute atomic E-state index is 0.195. The monoisotopic (exact) mass is 286 g/mol. The maximum atomic E-state index is 11.7. The molecular weight excluding hydrogens is 260 g/mol. The zero-order chi connectivity index (χ0) is 15.7. The molecule has 6 heteroatoms. The molecule has 2 unspecified atom stereocenters. The van der Waals surface area contributed by atoms with E-state index in [1.165, 1.54) is 0 Å². The Morgan fingerprint density at radius 3 is 1.30 bits per heavy atom. The molecule has 0 saturated carbocycles. The summed E-state index contributed by atoms with van der Waals surface area (Å²) in [5.74, 6) is -0.836. The molecule has 0 fully saturated rings. The Kier molecular flexibility index (Phi) is 8.76. The molecule has 0 aliphatic heterocycles. The number of ether oxygens (including phenoxy) is 2. The number of esters is 2. The molecule has 0 aromatic heterocycles. The van der Waals surface area contributed by atoms with Gasteiger partial charge in [-0.1, -0.05) is 13.8 Å². The molecule has 0 heterocycles. The zero-order valence-electron chi connectivity index (χ0n) is 13.3. The Labute approximate surface area is 120 Å². The SMILES string of the molecule is CCC(/N=N/C(CC)C(=O)OC(C)C)C(=O)OC(C)C. The van der Waals surface area contributed by atoms with E-state index in [0.29, 0.717) is 12.8 Å². The molecule has 0 aliphatic carbocycles. The maximum Gasteiger partial charge on any atom is 0.333 e. The Morgan fingerprint density at radius 1 is 0.800 bits per heavy atom. The summed E-state index contributed by atoms with van der Waals surface area (Å²) in [6.45, 7) is 10.7. The van der Waals surface area contributed by atoms with Crippen LogP contribution in [0.1, 0.15) is 54.4 Å². The number of carbonyl (C=O) groups is 2. The van der Waals surface area contributed by atoms with E-state index >= 15 is 0 Å². The van der Waals surface area contributed by atoms with E-state index in [2.05, 4.69) is 10.2 Å². The van der Waals surface area contributed by atoms with Crippen molar-refractivity contribution >= 4 is 11.9 Å². The molecule has 0 amide bonds. The maximum absolute atomic E-state index is 11.7. The highest BCUT2D eigenvalue weighted by molar-refractivity contribution is 5.77. The highest BCUT2D eigenvalue weighted by atomic mass is 16.5. The van der Waals surface area contributed by atoms with Gasteiger partial charge in [0.05, 0.1) is 12.2 Å². The van der Waals surface area contributed by atoms with Crippen molar-refractivity contribution < 1.29 is 19.1 Å². The summed E-state index contributed by atoms with van der Waals surface area (Å²) in [5, 5.41) is 7.89. The Morgan fingerprint density at radius 2 is 1.10 bits per heavy atom. The first-order valence-corrected chi connectivity index (χ1v) is 7.12. The number of hydrogen-bond donors (Lipinski definition) is 0. The second-order valence-electron chi connectivity index (χ2n) is 5.05. The standard InChI is InChI=1S/C14H26N2O4/c1-7-11(13(17)19-9(3)4)15-16-12(8-2)14(18)20-10(5)6/h9-12H,7-8H2,1-6H3/b16-15+. The van der Waals surface area contributed by atoms with Crippen molar-refractivity contribution in [3.8, 4) is 0 Å². The van der Waals surface area contributed by atoms with Crippen molar-refractivity contribution in [1.82, 2.24) is 0 Å². The highest BCUT2D eigenvalue weighted by Gasteiger charge is 2.22. The number of azo groups is 1. The van der Waals surface area contributed by atoms with Gasteiger partial charge in [-0.2, -0.15) is 10.2 Å². The molecule has 0 radical (unpaired) electrons. The summed E-state index contributed by atoms with van der Waals surface area (Å²) < 4.78 is 10.2. The van der Waals surface area contributed by atoms with Gasteiger partial charge in [0.2, 0.25) is 0 Å². The number of nitrogens with zero attached hydrogens (tertiary/aromatic N) is 2. The molecule has 0 saturated heterocycles. The van der Waals surface area contributed by atoms with Crippen molar-refractivity contribution in [3.05, 3.63) is 0 Å². The number of rotatable bonds is 8. The summed E-state index contributed by atoms with van der Waals surface area (Å²) in [4.78, 5) is 23.5. The van der Waals surface area contributed by atoms with Crippen LogP contribution in [0.5, 0.6) is 0 Å². The molecule has 0 aromatic rings. The Hall–Kier alpha value is -1.46. The van der Waals surface area contributed by atoms with Gasteiger partial charge in [0.1, 0.15) is 0 Å². The predicted molar refractivity (Wildman–Crippen MR) is 75.5 cm³/mol. The van der Waals surface area contributed by atoms with Crippen LogP contribution in [0.4, 0.5) is 0 Å². The lowest BCUT2D eigenvalue weighted by Crippen LogP contribution is -2.26. The molecule has 116 valence electrons. The van der Waals surface area contributed by atoms with Gasteiger partial charge in [-0.15, -0.1) is 0 Å². The van der Waals surface area contributed by atoms with Crippen LogP contribution in [0, 0.1) is 0 Å². The van der Waals surface area contributed by atoms with Crippen LogP contribution in [0.25, 0.3) is 0 Å². The van der Waals surface area contributed by atoms with E-state index in [9.17, 15) is 9.59 Å². The summed E-state index contributed by atoms with van der Waals surface area (Å²) in [5.41, 5.74) is 0. The van der Waals surface area contributed by atoms with Crippen molar-refractivity contribution in [2.24, 2.45) is 10.2 Å². The molecule has 0 aliphatic rings. The van der Waals surface area contributed by atoms with Crippen LogP contribution in [0.3, 0.4) is 0 Å². The van der Waals surface area contributed by atoms with Gasteiger partial charge in [0.25, 0.3) is 0 Å². The molecular formula is C14H26N2O4. The smallest absolute Gasteiger partial charge is 0.333 e. The normalized spacial score (nSPS) is 14.6. The van der Waals surface area contributed by atoms with E-state index in [4.69, 9.17) is 9.47 Å². The first-order valence-electron chi connectivity index (χ1n) is 7.12. The molecule has 0 spiro atoms. The molecule has 20 heavy (non-hydrogen) atoms. The van der Waals surface area contributed by atoms with E-state index in [-0.39, 0.29) is 12.2 Å². The highest BCUT2D eigenvalue weighted by Crippen LogP contribution is 2.09. The fourth-order valence-corrected chi connectivity index (χ4v) is 1.37. The molecule has 0 N–H and O–H groups in total. The van der Waals surface area contributed by atoms with Crippen molar-refractivity contribution in [3.63, 3.8) is 0 Å². The van der Waals surface area contributed by atoms with Crippen LogP contribution in [-0.4, -0.2) is 36.2 Å². The third-order valence-corrected chi connectivity index (χ3v) is 2.37. The van der Waals surface area contributed by atoms with Crippen LogP contribution >= 0.6 is 0 Å². The van der Waals surface area contributed by atoms with E-state index in [0.717, 1.165) is 0 Å². The number of hydrogen-bond acceptors (Lipinski definition) is 6. The average Bonchev–Trinajstić information content (AvgIpc) is 2.32. The van der Waals surface area contributed by atoms with Gasteiger partial charge in [0.15, 0.2) is 12.1 Å². The molecule has 0 aromatic carbocycles. The summed E-state index contributed by atoms with van der Waals surface area (Å²) >= 11 is 0. The van der Waals surface area contributed by atoms with Crippen molar-refractivity contribution in [2.45, 2.75) is 78.7 Å². The summed E-state index contributed by atoms with van der Waals surface area (Å²) in [7, 11) is 0. The minimum atomic E-state index is -0.668. The topological polar surface area (TPSA) is 77.3 Å². The van der Waals surface area contributed by atoms with Gasteiger partial charge in [-0.25, -0.2) is 9.59 Å². The molecule has 2 atom stereocenters. The molecule has 0 rings (SSSR count). The predicted octanol–water partition coefficient (Wildman–Crippen LogP) is 2.90. The fourth-order valence-electron chi connectivity index (χ4n) is 1.37. The number of carbonyl (C=O) groups excluding carboxylic acids is 2. The van der Waals surface area contributed by atoms with Crippen molar-refractivity contribution in [1.29, 1.82) is 0 Å². The van der Waals surface area contributed by atoms with Crippen LogP contribution < -0.4 is 0 Å². The lowest BCUT2D eigenvalue weighted by molar-refractivity contribution is -0.151. The van der Waals surface area contributed by atoms with Crippen molar-refractivity contribution in [2.75, 3.05) is 0 Å². The third-order valence-electron chi connectivity index (χ3n) is 2.37. The minimum Gasteiger partial charge on any atom is -0.461 e. The molecule has 6 nitrogen and oxygen atoms in total. The summed E-state index contributed by atoms with van der Waals surface area (Å²) in [6.07, 6.45) is 0.564. The molecule has 0 bridgehead atoms. The van der Waals surface area contributed by atoms with Gasteiger partial charge in [-0.3, -0.25) is 0 Å². The van der Waals surface area contributed by atoms with Gasteiger partial charge < -0.3 is 9.47 Å². The van der Waals surface area contributed by atoms with Crippen LogP contribution in [0.2, 0.25) is 0 Å². The second kappa shape index (κ2) is 9.44. The van der Waals surface area contributed by atoms with E-state index < -0.39 is 24.0 Å². The first kappa shape index (κ1) is 18.5. The summed E-state index contributed by atoms with van der Waals surface area (Å²) in [6, 6.07) is -1.34. The van der Waals surface area contributed by atoms with Gasteiger partial charge in [-0.05, 0) is 40.5 Å².